The summed E-state index contributed by atoms with van der Waals surface area (Å²) in [6.07, 6.45) is 3.82. The monoisotopic (exact) mass is 327 g/mol. The molecule has 96 valence electrons. The lowest BCUT2D eigenvalue weighted by Gasteiger charge is -2.15. The highest BCUT2D eigenvalue weighted by Crippen LogP contribution is 2.28. The zero-order chi connectivity index (χ0) is 13.1. The minimum absolute atomic E-state index is 0.139. The smallest absolute Gasteiger partial charge is 0.0731 e. The lowest BCUT2D eigenvalue weighted by atomic mass is 10.1. The van der Waals surface area contributed by atoms with Crippen molar-refractivity contribution in [3.05, 3.63) is 45.7 Å². The summed E-state index contributed by atoms with van der Waals surface area (Å²) in [6.45, 7) is 5.01. The lowest BCUT2D eigenvalue weighted by Crippen LogP contribution is -2.06. The fourth-order valence-electron chi connectivity index (χ4n) is 1.79. The number of hydrogen-bond donors (Lipinski definition) is 1. The highest BCUT2D eigenvalue weighted by Gasteiger charge is 2.10. The van der Waals surface area contributed by atoms with Gasteiger partial charge in [-0.15, -0.1) is 0 Å². The summed E-state index contributed by atoms with van der Waals surface area (Å²) < 4.78 is 2.88. The average Bonchev–Trinajstić information content (AvgIpc) is 2.76. The lowest BCUT2D eigenvalue weighted by molar-refractivity contribution is 0.660. The summed E-state index contributed by atoms with van der Waals surface area (Å²) in [5.41, 5.74) is 2.08. The first kappa shape index (κ1) is 13.4. The first-order valence-electron chi connectivity index (χ1n) is 5.84. The van der Waals surface area contributed by atoms with Gasteiger partial charge in [-0.05, 0) is 31.5 Å². The van der Waals surface area contributed by atoms with Gasteiger partial charge in [0.15, 0.2) is 0 Å². The number of rotatable bonds is 4. The predicted octanol–water partition coefficient (Wildman–Crippen LogP) is 4.49. The van der Waals surface area contributed by atoms with Crippen LogP contribution in [0.25, 0.3) is 0 Å². The molecule has 0 radical (unpaired) electrons. The molecule has 0 bridgehead atoms. The van der Waals surface area contributed by atoms with E-state index in [1.54, 1.807) is 0 Å². The third-order valence-corrected chi connectivity index (χ3v) is 3.59. The Balaban J connectivity index is 2.13. The third kappa shape index (κ3) is 3.06. The van der Waals surface area contributed by atoms with Gasteiger partial charge in [0.1, 0.15) is 0 Å². The van der Waals surface area contributed by atoms with E-state index in [0.717, 1.165) is 27.3 Å². The Labute approximate surface area is 120 Å². The number of nitrogens with one attached hydrogen (secondary N) is 1. The Kier molecular flexibility index (Phi) is 4.30. The molecule has 0 fully saturated rings. The fraction of sp³-hybridized carbons (Fsp3) is 0.308. The van der Waals surface area contributed by atoms with Crippen molar-refractivity contribution < 1.29 is 0 Å². The highest BCUT2D eigenvalue weighted by molar-refractivity contribution is 9.10. The van der Waals surface area contributed by atoms with Crippen molar-refractivity contribution in [3.63, 3.8) is 0 Å². The quantitative estimate of drug-likeness (QED) is 0.896. The summed E-state index contributed by atoms with van der Waals surface area (Å²) in [7, 11) is 0. The molecule has 0 saturated heterocycles. The zero-order valence-electron chi connectivity index (χ0n) is 10.3. The molecule has 18 heavy (non-hydrogen) atoms. The Hall–Kier alpha value is -1.00. The number of nitrogens with zero attached hydrogens (tertiary/aromatic N) is 2. The van der Waals surface area contributed by atoms with Gasteiger partial charge < -0.3 is 5.32 Å². The topological polar surface area (TPSA) is 29.9 Å². The summed E-state index contributed by atoms with van der Waals surface area (Å²) in [4.78, 5) is 0. The van der Waals surface area contributed by atoms with Crippen LogP contribution < -0.4 is 5.32 Å². The first-order chi connectivity index (χ1) is 8.60. The molecular weight excluding hydrogens is 314 g/mol. The summed E-state index contributed by atoms with van der Waals surface area (Å²) in [5.74, 6) is 0. The van der Waals surface area contributed by atoms with Crippen molar-refractivity contribution in [1.82, 2.24) is 9.78 Å². The highest BCUT2D eigenvalue weighted by atomic mass is 79.9. The number of benzene rings is 1. The van der Waals surface area contributed by atoms with E-state index < -0.39 is 0 Å². The Morgan fingerprint density at radius 2 is 2.28 bits per heavy atom. The third-order valence-electron chi connectivity index (χ3n) is 2.77. The number of hydrogen-bond acceptors (Lipinski definition) is 2. The Morgan fingerprint density at radius 1 is 1.50 bits per heavy atom. The molecule has 1 heterocycles. The van der Waals surface area contributed by atoms with E-state index in [0.29, 0.717) is 0 Å². The molecule has 2 rings (SSSR count). The number of halogens is 2. The second-order valence-electron chi connectivity index (χ2n) is 4.12. The zero-order valence-corrected chi connectivity index (χ0v) is 12.7. The van der Waals surface area contributed by atoms with Crippen LogP contribution in [0.4, 0.5) is 5.69 Å². The van der Waals surface area contributed by atoms with E-state index in [9.17, 15) is 0 Å². The molecule has 0 spiro atoms. The molecule has 1 aromatic heterocycles. The van der Waals surface area contributed by atoms with E-state index in [1.165, 1.54) is 0 Å². The van der Waals surface area contributed by atoms with Crippen LogP contribution in [0.5, 0.6) is 0 Å². The molecule has 1 atom stereocenters. The SMILES string of the molecule is CCn1cc(NC(C)c2ccc(Br)cc2Cl)cn1. The largest absolute Gasteiger partial charge is 0.376 e. The van der Waals surface area contributed by atoms with E-state index >= 15 is 0 Å². The van der Waals surface area contributed by atoms with E-state index in [-0.39, 0.29) is 6.04 Å². The van der Waals surface area contributed by atoms with Gasteiger partial charge >= 0.3 is 0 Å². The molecule has 2 aromatic rings. The van der Waals surface area contributed by atoms with Crippen molar-refractivity contribution in [3.8, 4) is 0 Å². The molecule has 1 aromatic carbocycles. The van der Waals surface area contributed by atoms with Crippen molar-refractivity contribution in [1.29, 1.82) is 0 Å². The standard InChI is InChI=1S/C13H15BrClN3/c1-3-18-8-11(7-16-18)17-9(2)12-5-4-10(14)6-13(12)15/h4-9,17H,3H2,1-2H3. The molecule has 0 amide bonds. The van der Waals surface area contributed by atoms with Crippen LogP contribution in [-0.2, 0) is 6.54 Å². The second kappa shape index (κ2) is 5.76. The van der Waals surface area contributed by atoms with Crippen LogP contribution in [0, 0.1) is 0 Å². The maximum Gasteiger partial charge on any atom is 0.0731 e. The Bertz CT molecular complexity index is 539. The normalized spacial score (nSPS) is 12.4. The minimum atomic E-state index is 0.139. The molecule has 0 aliphatic rings. The molecule has 1 N–H and O–H groups in total. The van der Waals surface area contributed by atoms with E-state index in [1.807, 2.05) is 35.3 Å². The number of aryl methyl sites for hydroxylation is 1. The van der Waals surface area contributed by atoms with E-state index in [4.69, 9.17) is 11.6 Å². The number of anilines is 1. The van der Waals surface area contributed by atoms with Gasteiger partial charge in [0.05, 0.1) is 17.9 Å². The van der Waals surface area contributed by atoms with Crippen LogP contribution in [0.3, 0.4) is 0 Å². The van der Waals surface area contributed by atoms with Crippen LogP contribution in [0.2, 0.25) is 5.02 Å². The maximum atomic E-state index is 6.23. The summed E-state index contributed by atoms with van der Waals surface area (Å²) in [5, 5.41) is 8.38. The summed E-state index contributed by atoms with van der Waals surface area (Å²) in [6, 6.07) is 6.06. The van der Waals surface area contributed by atoms with Gasteiger partial charge in [0.2, 0.25) is 0 Å². The van der Waals surface area contributed by atoms with Gasteiger partial charge in [0, 0.05) is 22.2 Å². The van der Waals surface area contributed by atoms with Crippen LogP contribution in [-0.4, -0.2) is 9.78 Å². The predicted molar refractivity (Wildman–Crippen MR) is 79.1 cm³/mol. The molecule has 0 aliphatic heterocycles. The van der Waals surface area contributed by atoms with Crippen molar-refractivity contribution in [2.45, 2.75) is 26.4 Å². The van der Waals surface area contributed by atoms with Gasteiger partial charge in [-0.1, -0.05) is 33.6 Å². The van der Waals surface area contributed by atoms with Crippen LogP contribution in [0.1, 0.15) is 25.5 Å². The fourth-order valence-corrected chi connectivity index (χ4v) is 2.63. The number of aromatic nitrogens is 2. The molecule has 5 heteroatoms. The molecule has 0 aliphatic carbocycles. The molecule has 3 nitrogen and oxygen atoms in total. The molecule has 1 unspecified atom stereocenters. The Morgan fingerprint density at radius 3 is 2.89 bits per heavy atom. The van der Waals surface area contributed by atoms with Gasteiger partial charge in [0.25, 0.3) is 0 Å². The minimum Gasteiger partial charge on any atom is -0.376 e. The maximum absolute atomic E-state index is 6.23. The van der Waals surface area contributed by atoms with Gasteiger partial charge in [-0.25, -0.2) is 0 Å². The van der Waals surface area contributed by atoms with E-state index in [2.05, 4.69) is 40.2 Å². The average molecular weight is 329 g/mol. The van der Waals surface area contributed by atoms with Crippen molar-refractivity contribution >= 4 is 33.2 Å². The van der Waals surface area contributed by atoms with Crippen LogP contribution in [0.15, 0.2) is 35.1 Å². The van der Waals surface area contributed by atoms with Crippen molar-refractivity contribution in [2.75, 3.05) is 5.32 Å². The molecule has 0 saturated carbocycles. The summed E-state index contributed by atoms with van der Waals surface area (Å²) >= 11 is 9.64. The van der Waals surface area contributed by atoms with Gasteiger partial charge in [-0.2, -0.15) is 5.10 Å². The van der Waals surface area contributed by atoms with Gasteiger partial charge in [-0.3, -0.25) is 4.68 Å². The van der Waals surface area contributed by atoms with Crippen LogP contribution >= 0.6 is 27.5 Å². The van der Waals surface area contributed by atoms with Crippen molar-refractivity contribution in [2.24, 2.45) is 0 Å². The molecular formula is C13H15BrClN3. The first-order valence-corrected chi connectivity index (χ1v) is 7.01. The second-order valence-corrected chi connectivity index (χ2v) is 5.44.